The van der Waals surface area contributed by atoms with E-state index < -0.39 is 11.8 Å². The molecule has 0 saturated heterocycles. The lowest BCUT2D eigenvalue weighted by molar-refractivity contribution is -0.137. The highest BCUT2D eigenvalue weighted by atomic mass is 19.1. The van der Waals surface area contributed by atoms with Crippen molar-refractivity contribution in [2.24, 2.45) is 0 Å². The van der Waals surface area contributed by atoms with E-state index in [2.05, 4.69) is 0 Å². The van der Waals surface area contributed by atoms with Gasteiger partial charge < -0.3 is 10.2 Å². The van der Waals surface area contributed by atoms with Gasteiger partial charge in [-0.15, -0.1) is 0 Å². The van der Waals surface area contributed by atoms with Crippen LogP contribution in [0.25, 0.3) is 0 Å². The van der Waals surface area contributed by atoms with E-state index in [1.807, 2.05) is 32.6 Å². The van der Waals surface area contributed by atoms with E-state index in [1.165, 1.54) is 18.2 Å². The number of phenolic OH excluding ortho intramolecular Hbond substituents is 1. The Labute approximate surface area is 118 Å². The summed E-state index contributed by atoms with van der Waals surface area (Å²) in [6, 6.07) is 3.52. The van der Waals surface area contributed by atoms with Gasteiger partial charge in [0.1, 0.15) is 11.6 Å². The van der Waals surface area contributed by atoms with E-state index in [-0.39, 0.29) is 23.8 Å². The highest BCUT2D eigenvalue weighted by Crippen LogP contribution is 2.33. The molecule has 0 saturated carbocycles. The fourth-order valence-electron chi connectivity index (χ4n) is 2.35. The Balaban J connectivity index is 3.06. The van der Waals surface area contributed by atoms with Crippen LogP contribution in [0.4, 0.5) is 4.39 Å². The molecule has 20 heavy (non-hydrogen) atoms. The van der Waals surface area contributed by atoms with E-state index in [9.17, 15) is 14.3 Å². The highest BCUT2D eigenvalue weighted by molar-refractivity contribution is 5.66. The molecule has 1 aromatic rings. The summed E-state index contributed by atoms with van der Waals surface area (Å²) < 4.78 is 13.4. The van der Waals surface area contributed by atoms with Gasteiger partial charge >= 0.3 is 5.97 Å². The molecule has 0 aliphatic heterocycles. The standard InChI is InChI=1S/C15H22FNO3/c1-10(12-9-11(16)5-6-13(12)18)17(15(2,3)4)8-7-14(19)20/h5-6,9-10,18H,7-8H2,1-4H3,(H,19,20). The first-order chi connectivity index (χ1) is 9.12. The van der Waals surface area contributed by atoms with Gasteiger partial charge in [-0.3, -0.25) is 9.69 Å². The van der Waals surface area contributed by atoms with Crippen molar-refractivity contribution in [1.29, 1.82) is 0 Å². The van der Waals surface area contributed by atoms with Gasteiger partial charge in [0.05, 0.1) is 6.42 Å². The van der Waals surface area contributed by atoms with Gasteiger partial charge in [0.25, 0.3) is 0 Å². The molecule has 0 amide bonds. The van der Waals surface area contributed by atoms with Crippen molar-refractivity contribution in [1.82, 2.24) is 4.90 Å². The van der Waals surface area contributed by atoms with Gasteiger partial charge in [-0.1, -0.05) is 0 Å². The lowest BCUT2D eigenvalue weighted by Gasteiger charge is -2.40. The molecule has 4 nitrogen and oxygen atoms in total. The molecule has 0 spiro atoms. The monoisotopic (exact) mass is 283 g/mol. The number of hydrogen-bond acceptors (Lipinski definition) is 3. The molecule has 0 aromatic heterocycles. The molecule has 0 aliphatic rings. The summed E-state index contributed by atoms with van der Waals surface area (Å²) in [5.74, 6) is -1.28. The van der Waals surface area contributed by atoms with Gasteiger partial charge in [-0.2, -0.15) is 0 Å². The van der Waals surface area contributed by atoms with Crippen LogP contribution >= 0.6 is 0 Å². The predicted octanol–water partition coefficient (Wildman–Crippen LogP) is 3.17. The van der Waals surface area contributed by atoms with Gasteiger partial charge in [-0.05, 0) is 45.9 Å². The minimum absolute atomic E-state index is 0.00229. The zero-order chi connectivity index (χ0) is 15.5. The Morgan fingerprint density at radius 3 is 2.50 bits per heavy atom. The van der Waals surface area contributed by atoms with Crippen molar-refractivity contribution in [2.75, 3.05) is 6.54 Å². The molecule has 1 aromatic carbocycles. The molecular formula is C15H22FNO3. The third-order valence-corrected chi connectivity index (χ3v) is 3.34. The topological polar surface area (TPSA) is 60.8 Å². The van der Waals surface area contributed by atoms with Crippen molar-refractivity contribution in [3.63, 3.8) is 0 Å². The molecule has 1 unspecified atom stereocenters. The van der Waals surface area contributed by atoms with Crippen molar-refractivity contribution in [3.05, 3.63) is 29.6 Å². The van der Waals surface area contributed by atoms with Gasteiger partial charge in [0, 0.05) is 23.7 Å². The van der Waals surface area contributed by atoms with Crippen molar-refractivity contribution in [3.8, 4) is 5.75 Å². The first-order valence-electron chi connectivity index (χ1n) is 6.60. The van der Waals surface area contributed by atoms with Crippen LogP contribution < -0.4 is 0 Å². The highest BCUT2D eigenvalue weighted by Gasteiger charge is 2.29. The number of benzene rings is 1. The summed E-state index contributed by atoms with van der Waals surface area (Å²) in [7, 11) is 0. The fraction of sp³-hybridized carbons (Fsp3) is 0.533. The zero-order valence-corrected chi connectivity index (χ0v) is 12.4. The van der Waals surface area contributed by atoms with Gasteiger partial charge in [0.15, 0.2) is 0 Å². The van der Waals surface area contributed by atoms with Crippen molar-refractivity contribution < 1.29 is 19.4 Å². The smallest absolute Gasteiger partial charge is 0.304 e. The van der Waals surface area contributed by atoms with E-state index in [1.54, 1.807) is 0 Å². The number of carboxylic acid groups (broad SMARTS) is 1. The molecule has 0 radical (unpaired) electrons. The second kappa shape index (κ2) is 6.22. The van der Waals surface area contributed by atoms with E-state index in [0.29, 0.717) is 12.1 Å². The second-order valence-electron chi connectivity index (χ2n) is 5.89. The molecule has 0 aliphatic carbocycles. The Morgan fingerprint density at radius 1 is 1.40 bits per heavy atom. The average Bonchev–Trinajstić information content (AvgIpc) is 2.30. The van der Waals surface area contributed by atoms with Crippen LogP contribution in [0.3, 0.4) is 0 Å². The number of aromatic hydroxyl groups is 1. The normalized spacial score (nSPS) is 13.5. The zero-order valence-electron chi connectivity index (χ0n) is 12.4. The molecule has 0 bridgehead atoms. The Hall–Kier alpha value is -1.62. The van der Waals surface area contributed by atoms with Crippen molar-refractivity contribution in [2.45, 2.75) is 45.7 Å². The Bertz CT molecular complexity index is 482. The van der Waals surface area contributed by atoms with Gasteiger partial charge in [0.2, 0.25) is 0 Å². The van der Waals surface area contributed by atoms with Crippen LogP contribution in [0.15, 0.2) is 18.2 Å². The van der Waals surface area contributed by atoms with Crippen LogP contribution in [-0.2, 0) is 4.79 Å². The molecule has 1 atom stereocenters. The molecule has 0 fully saturated rings. The number of aliphatic carboxylic acids is 1. The minimum atomic E-state index is -0.880. The number of halogens is 1. The SMILES string of the molecule is CC(c1cc(F)ccc1O)N(CCC(=O)O)C(C)(C)C. The maximum Gasteiger partial charge on any atom is 0.304 e. The number of hydrogen-bond donors (Lipinski definition) is 2. The van der Waals surface area contributed by atoms with Crippen LogP contribution in [0, 0.1) is 5.82 Å². The maximum absolute atomic E-state index is 13.4. The predicted molar refractivity (Wildman–Crippen MR) is 75.2 cm³/mol. The lowest BCUT2D eigenvalue weighted by atomic mass is 9.97. The molecule has 0 heterocycles. The Morgan fingerprint density at radius 2 is 2.00 bits per heavy atom. The lowest BCUT2D eigenvalue weighted by Crippen LogP contribution is -2.44. The summed E-state index contributed by atoms with van der Waals surface area (Å²) in [5, 5.41) is 18.7. The third kappa shape index (κ3) is 4.20. The largest absolute Gasteiger partial charge is 0.508 e. The number of carboxylic acids is 1. The molecule has 1 rings (SSSR count). The third-order valence-electron chi connectivity index (χ3n) is 3.34. The van der Waals surface area contributed by atoms with Crippen LogP contribution in [0.5, 0.6) is 5.75 Å². The fourth-order valence-corrected chi connectivity index (χ4v) is 2.35. The number of phenols is 1. The molecule has 112 valence electrons. The molecule has 5 heteroatoms. The Kier molecular flexibility index (Phi) is 5.11. The summed E-state index contributed by atoms with van der Waals surface area (Å²) in [6.45, 7) is 8.04. The summed E-state index contributed by atoms with van der Waals surface area (Å²) >= 11 is 0. The first kappa shape index (κ1) is 16.4. The van der Waals surface area contributed by atoms with E-state index in [0.717, 1.165) is 0 Å². The average molecular weight is 283 g/mol. The van der Waals surface area contributed by atoms with Gasteiger partial charge in [-0.25, -0.2) is 4.39 Å². The van der Waals surface area contributed by atoms with Crippen molar-refractivity contribution >= 4 is 5.97 Å². The first-order valence-corrected chi connectivity index (χ1v) is 6.60. The minimum Gasteiger partial charge on any atom is -0.508 e. The van der Waals surface area contributed by atoms with Crippen LogP contribution in [-0.4, -0.2) is 33.2 Å². The quantitative estimate of drug-likeness (QED) is 0.871. The van der Waals surface area contributed by atoms with E-state index in [4.69, 9.17) is 5.11 Å². The second-order valence-corrected chi connectivity index (χ2v) is 5.89. The van der Waals surface area contributed by atoms with Crippen LogP contribution in [0.1, 0.15) is 45.7 Å². The summed E-state index contributed by atoms with van der Waals surface area (Å²) in [4.78, 5) is 12.7. The molecular weight excluding hydrogens is 261 g/mol. The maximum atomic E-state index is 13.4. The number of rotatable bonds is 5. The van der Waals surface area contributed by atoms with Crippen LogP contribution in [0.2, 0.25) is 0 Å². The number of carbonyl (C=O) groups is 1. The van der Waals surface area contributed by atoms with E-state index >= 15 is 0 Å². The summed E-state index contributed by atoms with van der Waals surface area (Å²) in [5.41, 5.74) is 0.165. The molecule has 2 N–H and O–H groups in total. The number of nitrogens with zero attached hydrogens (tertiary/aromatic N) is 1. The summed E-state index contributed by atoms with van der Waals surface area (Å²) in [6.07, 6.45) is -0.00229.